The van der Waals surface area contributed by atoms with Crippen LogP contribution in [0.15, 0.2) is 36.5 Å². The zero-order chi connectivity index (χ0) is 13.1. The molecule has 0 saturated carbocycles. The number of carbonyl (C=O) groups excluding carboxylic acids is 1. The fourth-order valence-corrected chi connectivity index (χ4v) is 1.78. The minimum atomic E-state index is -0.224. The largest absolute Gasteiger partial charge is 0.394 e. The zero-order valence-electron chi connectivity index (χ0n) is 10.5. The Kier molecular flexibility index (Phi) is 3.58. The maximum Gasteiger partial charge on any atom is 0.273 e. The number of hydrogen-bond donors (Lipinski definition) is 1. The lowest BCUT2D eigenvalue weighted by Gasteiger charge is -2.23. The minimum absolute atomic E-state index is 0.0625. The monoisotopic (exact) mass is 244 g/mol. The molecule has 4 nitrogen and oxygen atoms in total. The van der Waals surface area contributed by atoms with Gasteiger partial charge in [-0.25, -0.2) is 0 Å². The quantitative estimate of drug-likeness (QED) is 0.893. The van der Waals surface area contributed by atoms with Crippen LogP contribution in [0.1, 0.15) is 17.4 Å². The number of aliphatic hydroxyl groups is 1. The molecule has 0 spiro atoms. The van der Waals surface area contributed by atoms with Gasteiger partial charge in [-0.15, -0.1) is 0 Å². The summed E-state index contributed by atoms with van der Waals surface area (Å²) < 4.78 is 0. The molecular formula is C14H16N2O2. The Labute approximate surface area is 106 Å². The van der Waals surface area contributed by atoms with Crippen molar-refractivity contribution in [3.63, 3.8) is 0 Å². The van der Waals surface area contributed by atoms with Gasteiger partial charge in [-0.3, -0.25) is 9.78 Å². The summed E-state index contributed by atoms with van der Waals surface area (Å²) in [4.78, 5) is 18.0. The molecule has 1 atom stereocenters. The van der Waals surface area contributed by atoms with Gasteiger partial charge in [-0.1, -0.05) is 24.3 Å². The highest BCUT2D eigenvalue weighted by atomic mass is 16.3. The third kappa shape index (κ3) is 2.19. The van der Waals surface area contributed by atoms with Crippen LogP contribution in [0.4, 0.5) is 0 Å². The summed E-state index contributed by atoms with van der Waals surface area (Å²) in [5.74, 6) is -0.173. The van der Waals surface area contributed by atoms with Gasteiger partial charge < -0.3 is 10.0 Å². The van der Waals surface area contributed by atoms with E-state index in [1.54, 1.807) is 20.2 Å². The predicted octanol–water partition coefficient (Wildman–Crippen LogP) is 1.69. The van der Waals surface area contributed by atoms with Gasteiger partial charge in [0.25, 0.3) is 5.91 Å². The summed E-state index contributed by atoms with van der Waals surface area (Å²) in [5.41, 5.74) is 0.427. The highest BCUT2D eigenvalue weighted by Gasteiger charge is 2.19. The Balaban J connectivity index is 2.45. The Bertz CT molecular complexity index is 563. The lowest BCUT2D eigenvalue weighted by Crippen LogP contribution is -2.37. The summed E-state index contributed by atoms with van der Waals surface area (Å²) in [6.07, 6.45) is 1.63. The molecule has 2 rings (SSSR count). The van der Waals surface area contributed by atoms with Crippen molar-refractivity contribution in [3.05, 3.63) is 42.2 Å². The molecule has 0 aliphatic rings. The number of aromatic nitrogens is 1. The molecule has 1 aromatic carbocycles. The number of hydrogen-bond acceptors (Lipinski definition) is 3. The van der Waals surface area contributed by atoms with E-state index in [2.05, 4.69) is 4.98 Å². The lowest BCUT2D eigenvalue weighted by atomic mass is 10.1. The SMILES string of the molecule is CC(CO)N(C)C(=O)c1nccc2ccccc12. The van der Waals surface area contributed by atoms with Crippen LogP contribution in [0.2, 0.25) is 0 Å². The Morgan fingerprint density at radius 1 is 1.39 bits per heavy atom. The van der Waals surface area contributed by atoms with Crippen LogP contribution >= 0.6 is 0 Å². The van der Waals surface area contributed by atoms with E-state index in [1.165, 1.54) is 4.90 Å². The Morgan fingerprint density at radius 2 is 2.11 bits per heavy atom. The number of likely N-dealkylation sites (N-methyl/N-ethyl adjacent to an activating group) is 1. The third-order valence-electron chi connectivity index (χ3n) is 3.12. The number of nitrogens with zero attached hydrogens (tertiary/aromatic N) is 2. The van der Waals surface area contributed by atoms with E-state index in [0.29, 0.717) is 5.69 Å². The van der Waals surface area contributed by atoms with E-state index in [-0.39, 0.29) is 18.6 Å². The molecule has 0 saturated heterocycles. The highest BCUT2D eigenvalue weighted by Crippen LogP contribution is 2.18. The molecule has 18 heavy (non-hydrogen) atoms. The van der Waals surface area contributed by atoms with Gasteiger partial charge >= 0.3 is 0 Å². The molecule has 2 aromatic rings. The fraction of sp³-hybridized carbons (Fsp3) is 0.286. The second-order valence-electron chi connectivity index (χ2n) is 4.33. The van der Waals surface area contributed by atoms with Crippen LogP contribution in [0.5, 0.6) is 0 Å². The van der Waals surface area contributed by atoms with Crippen molar-refractivity contribution < 1.29 is 9.90 Å². The van der Waals surface area contributed by atoms with Crippen LogP contribution in [-0.4, -0.2) is 40.6 Å². The molecule has 1 unspecified atom stereocenters. The topological polar surface area (TPSA) is 53.4 Å². The molecule has 0 aliphatic carbocycles. The van der Waals surface area contributed by atoms with Crippen LogP contribution < -0.4 is 0 Å². The van der Waals surface area contributed by atoms with E-state index >= 15 is 0 Å². The zero-order valence-corrected chi connectivity index (χ0v) is 10.5. The molecule has 1 N–H and O–H groups in total. The number of pyridine rings is 1. The summed E-state index contributed by atoms with van der Waals surface area (Å²) in [6, 6.07) is 9.29. The van der Waals surface area contributed by atoms with E-state index in [1.807, 2.05) is 30.3 Å². The molecule has 0 fully saturated rings. The first-order valence-electron chi connectivity index (χ1n) is 5.87. The maximum atomic E-state index is 12.3. The molecular weight excluding hydrogens is 228 g/mol. The summed E-state index contributed by atoms with van der Waals surface area (Å²) in [5, 5.41) is 10.9. The second kappa shape index (κ2) is 5.14. The molecule has 4 heteroatoms. The number of carbonyl (C=O) groups is 1. The summed E-state index contributed by atoms with van der Waals surface area (Å²) in [6.45, 7) is 1.73. The van der Waals surface area contributed by atoms with Crippen LogP contribution in [0.3, 0.4) is 0 Å². The molecule has 1 heterocycles. The standard InChI is InChI=1S/C14H16N2O2/c1-10(9-17)16(2)14(18)13-12-6-4-3-5-11(12)7-8-15-13/h3-8,10,17H,9H2,1-2H3. The molecule has 1 aromatic heterocycles. The van der Waals surface area contributed by atoms with Crippen molar-refractivity contribution in [2.24, 2.45) is 0 Å². The number of amides is 1. The van der Waals surface area contributed by atoms with Crippen LogP contribution in [0, 0.1) is 0 Å². The summed E-state index contributed by atoms with van der Waals surface area (Å²) >= 11 is 0. The van der Waals surface area contributed by atoms with Crippen LogP contribution in [-0.2, 0) is 0 Å². The highest BCUT2D eigenvalue weighted by molar-refractivity contribution is 6.05. The van der Waals surface area contributed by atoms with Gasteiger partial charge in [0.15, 0.2) is 0 Å². The van der Waals surface area contributed by atoms with Gasteiger partial charge in [0.05, 0.1) is 12.6 Å². The lowest BCUT2D eigenvalue weighted by molar-refractivity contribution is 0.0678. The molecule has 0 aliphatic heterocycles. The minimum Gasteiger partial charge on any atom is -0.394 e. The number of aliphatic hydroxyl groups excluding tert-OH is 1. The van der Waals surface area contributed by atoms with Crippen LogP contribution in [0.25, 0.3) is 10.8 Å². The maximum absolute atomic E-state index is 12.3. The number of fused-ring (bicyclic) bond motifs is 1. The van der Waals surface area contributed by atoms with E-state index in [0.717, 1.165) is 10.8 Å². The van der Waals surface area contributed by atoms with Crippen molar-refractivity contribution in [2.75, 3.05) is 13.7 Å². The van der Waals surface area contributed by atoms with Crippen molar-refractivity contribution in [1.29, 1.82) is 0 Å². The predicted molar refractivity (Wildman–Crippen MR) is 70.4 cm³/mol. The van der Waals surface area contributed by atoms with E-state index in [4.69, 9.17) is 5.11 Å². The first-order valence-corrected chi connectivity index (χ1v) is 5.87. The van der Waals surface area contributed by atoms with Crippen molar-refractivity contribution in [3.8, 4) is 0 Å². The van der Waals surface area contributed by atoms with Gasteiger partial charge in [0.1, 0.15) is 5.69 Å². The summed E-state index contributed by atoms with van der Waals surface area (Å²) in [7, 11) is 1.67. The van der Waals surface area contributed by atoms with Crippen molar-refractivity contribution in [2.45, 2.75) is 13.0 Å². The van der Waals surface area contributed by atoms with Gasteiger partial charge in [-0.2, -0.15) is 0 Å². The first kappa shape index (κ1) is 12.5. The van der Waals surface area contributed by atoms with Gasteiger partial charge in [-0.05, 0) is 18.4 Å². The van der Waals surface area contributed by atoms with E-state index < -0.39 is 0 Å². The second-order valence-corrected chi connectivity index (χ2v) is 4.33. The Hall–Kier alpha value is -1.94. The number of benzene rings is 1. The fourth-order valence-electron chi connectivity index (χ4n) is 1.78. The van der Waals surface area contributed by atoms with E-state index in [9.17, 15) is 4.79 Å². The molecule has 94 valence electrons. The molecule has 0 radical (unpaired) electrons. The molecule has 0 bridgehead atoms. The van der Waals surface area contributed by atoms with Gasteiger partial charge in [0.2, 0.25) is 0 Å². The van der Waals surface area contributed by atoms with Crippen molar-refractivity contribution in [1.82, 2.24) is 9.88 Å². The average Bonchev–Trinajstić information content (AvgIpc) is 2.44. The molecule has 1 amide bonds. The normalized spacial score (nSPS) is 12.4. The number of rotatable bonds is 3. The van der Waals surface area contributed by atoms with Crippen molar-refractivity contribution >= 4 is 16.7 Å². The van der Waals surface area contributed by atoms with Gasteiger partial charge in [0, 0.05) is 18.6 Å². The Morgan fingerprint density at radius 3 is 2.83 bits per heavy atom. The first-order chi connectivity index (χ1) is 8.65. The third-order valence-corrected chi connectivity index (χ3v) is 3.12. The smallest absolute Gasteiger partial charge is 0.273 e. The average molecular weight is 244 g/mol.